The van der Waals surface area contributed by atoms with E-state index in [9.17, 15) is 14.4 Å². The molecule has 7 heteroatoms. The van der Waals surface area contributed by atoms with Crippen LogP contribution in [0.15, 0.2) is 35.5 Å². The van der Waals surface area contributed by atoms with Crippen LogP contribution in [0, 0.1) is 5.92 Å². The largest absolute Gasteiger partial charge is 0.481 e. The number of hydrogen-bond acceptors (Lipinski definition) is 5. The van der Waals surface area contributed by atoms with Crippen LogP contribution in [-0.4, -0.2) is 50.8 Å². The second-order valence-corrected chi connectivity index (χ2v) is 6.86. The molecule has 0 aliphatic carbocycles. The molecule has 128 valence electrons. The van der Waals surface area contributed by atoms with Crippen molar-refractivity contribution in [3.8, 4) is 0 Å². The molecule has 2 rings (SSSR count). The van der Waals surface area contributed by atoms with Gasteiger partial charge in [-0.1, -0.05) is 19.9 Å². The van der Waals surface area contributed by atoms with Crippen LogP contribution in [-0.2, 0) is 9.59 Å². The third kappa shape index (κ3) is 3.67. The molecule has 0 bridgehead atoms. The van der Waals surface area contributed by atoms with Gasteiger partial charge in [0.1, 0.15) is 11.1 Å². The van der Waals surface area contributed by atoms with E-state index in [1.54, 1.807) is 29.4 Å². The van der Waals surface area contributed by atoms with Gasteiger partial charge in [0.05, 0.1) is 6.42 Å². The maximum atomic E-state index is 12.9. The summed E-state index contributed by atoms with van der Waals surface area (Å²) in [5.41, 5.74) is 0.529. The van der Waals surface area contributed by atoms with Gasteiger partial charge in [0.25, 0.3) is 5.91 Å². The molecular weight excluding hydrogens is 328 g/mol. The van der Waals surface area contributed by atoms with E-state index in [0.29, 0.717) is 6.54 Å². The highest BCUT2D eigenvalue weighted by Crippen LogP contribution is 2.36. The molecule has 1 aliphatic rings. The van der Waals surface area contributed by atoms with Gasteiger partial charge in [-0.05, 0) is 24.3 Å². The van der Waals surface area contributed by atoms with Crippen molar-refractivity contribution in [2.24, 2.45) is 5.92 Å². The number of aliphatic carboxylic acids is 1. The van der Waals surface area contributed by atoms with Gasteiger partial charge in [-0.15, -0.1) is 11.8 Å². The first-order valence-electron chi connectivity index (χ1n) is 7.61. The van der Waals surface area contributed by atoms with E-state index >= 15 is 0 Å². The summed E-state index contributed by atoms with van der Waals surface area (Å²) < 4.78 is 0. The number of amides is 1. The van der Waals surface area contributed by atoms with Crippen LogP contribution in [0.2, 0.25) is 0 Å². The van der Waals surface area contributed by atoms with Crippen molar-refractivity contribution in [1.82, 2.24) is 9.88 Å². The maximum Gasteiger partial charge on any atom is 0.308 e. The van der Waals surface area contributed by atoms with E-state index in [2.05, 4.69) is 4.98 Å². The van der Waals surface area contributed by atoms with Crippen LogP contribution in [0.25, 0.3) is 0 Å². The van der Waals surface area contributed by atoms with Crippen LogP contribution in [0.3, 0.4) is 0 Å². The summed E-state index contributed by atoms with van der Waals surface area (Å²) in [6, 6.07) is 4.95. The van der Waals surface area contributed by atoms with Crippen molar-refractivity contribution in [2.75, 3.05) is 12.8 Å². The van der Waals surface area contributed by atoms with Crippen LogP contribution in [0.5, 0.6) is 0 Å². The molecule has 0 saturated carbocycles. The Bertz CT molecular complexity index is 685. The number of thioether (sulfide) groups is 1. The minimum Gasteiger partial charge on any atom is -0.481 e. The lowest BCUT2D eigenvalue weighted by atomic mass is 10.0. The number of hydrogen-bond donors (Lipinski definition) is 1. The lowest BCUT2D eigenvalue weighted by Crippen LogP contribution is -2.37. The Balaban J connectivity index is 2.50. The summed E-state index contributed by atoms with van der Waals surface area (Å²) in [7, 11) is 0. The van der Waals surface area contributed by atoms with Gasteiger partial charge in [-0.3, -0.25) is 19.4 Å². The first-order valence-corrected chi connectivity index (χ1v) is 8.90. The molecule has 0 spiro atoms. The molecule has 1 N–H and O–H groups in total. The Morgan fingerprint density at radius 1 is 1.38 bits per heavy atom. The zero-order valence-corrected chi connectivity index (χ0v) is 14.7. The number of nitrogens with zero attached hydrogens (tertiary/aromatic N) is 2. The number of carboxylic acid groups (broad SMARTS) is 1. The van der Waals surface area contributed by atoms with E-state index < -0.39 is 17.8 Å². The number of ketones is 1. The molecular formula is C17H20N2O4S. The second kappa shape index (κ2) is 7.61. The Morgan fingerprint density at radius 3 is 2.58 bits per heavy atom. The molecule has 2 heterocycles. The fraction of sp³-hybridized carbons (Fsp3) is 0.412. The third-order valence-electron chi connectivity index (χ3n) is 3.63. The van der Waals surface area contributed by atoms with Crippen molar-refractivity contribution in [3.63, 3.8) is 0 Å². The smallest absolute Gasteiger partial charge is 0.308 e. The third-order valence-corrected chi connectivity index (χ3v) is 4.57. The number of aromatic nitrogens is 1. The number of pyridine rings is 1. The van der Waals surface area contributed by atoms with E-state index in [1.165, 1.54) is 18.0 Å². The monoisotopic (exact) mass is 348 g/mol. The summed E-state index contributed by atoms with van der Waals surface area (Å²) >= 11 is 1.35. The Hall–Kier alpha value is -2.15. The molecule has 24 heavy (non-hydrogen) atoms. The summed E-state index contributed by atoms with van der Waals surface area (Å²) in [6.07, 6.45) is 2.85. The minimum atomic E-state index is -1.13. The zero-order valence-electron chi connectivity index (χ0n) is 13.9. The normalized spacial score (nSPS) is 17.8. The Kier molecular flexibility index (Phi) is 5.77. The average Bonchev–Trinajstić information content (AvgIpc) is 2.79. The van der Waals surface area contributed by atoms with E-state index in [-0.39, 0.29) is 34.4 Å². The van der Waals surface area contributed by atoms with E-state index in [1.807, 2.05) is 13.8 Å². The number of rotatable bonds is 7. The standard InChI is InChI=1S/C17H20N2O4S/c1-10(2)9-19-16(23)11(8-13(20)21)14(17(19)24-3)15(22)12-6-4-5-7-18-12/h4-7,10,17H,8-9H2,1-3H3,(H,20,21). The predicted molar refractivity (Wildman–Crippen MR) is 91.7 cm³/mol. The van der Waals surface area contributed by atoms with Gasteiger partial charge in [-0.25, -0.2) is 0 Å². The van der Waals surface area contributed by atoms with E-state index in [4.69, 9.17) is 5.11 Å². The molecule has 0 aromatic carbocycles. The second-order valence-electron chi connectivity index (χ2n) is 5.95. The molecule has 1 atom stereocenters. The number of carboxylic acids is 1. The van der Waals surface area contributed by atoms with Gasteiger partial charge in [0.15, 0.2) is 0 Å². The van der Waals surface area contributed by atoms with Crippen LogP contribution < -0.4 is 0 Å². The summed E-state index contributed by atoms with van der Waals surface area (Å²) in [6.45, 7) is 4.41. The van der Waals surface area contributed by atoms with Crippen LogP contribution in [0.4, 0.5) is 0 Å². The van der Waals surface area contributed by atoms with E-state index in [0.717, 1.165) is 0 Å². The highest BCUT2D eigenvalue weighted by molar-refractivity contribution is 7.99. The Labute approximate surface area is 144 Å². The quantitative estimate of drug-likeness (QED) is 0.760. The molecule has 1 aromatic rings. The Morgan fingerprint density at radius 2 is 2.08 bits per heavy atom. The van der Waals surface area contributed by atoms with Gasteiger partial charge < -0.3 is 10.0 Å². The molecule has 0 radical (unpaired) electrons. The summed E-state index contributed by atoms with van der Waals surface area (Å²) in [4.78, 5) is 42.4. The molecule has 1 unspecified atom stereocenters. The minimum absolute atomic E-state index is 0.0677. The van der Waals surface area contributed by atoms with Crippen molar-refractivity contribution < 1.29 is 19.5 Å². The first-order chi connectivity index (χ1) is 11.4. The van der Waals surface area contributed by atoms with Gasteiger partial charge >= 0.3 is 5.97 Å². The van der Waals surface area contributed by atoms with Crippen LogP contribution in [0.1, 0.15) is 30.8 Å². The van der Waals surface area contributed by atoms with Gasteiger partial charge in [-0.2, -0.15) is 0 Å². The fourth-order valence-corrected chi connectivity index (χ4v) is 3.64. The predicted octanol–water partition coefficient (Wildman–Crippen LogP) is 2.22. The molecule has 1 aromatic heterocycles. The van der Waals surface area contributed by atoms with Gasteiger partial charge in [0, 0.05) is 23.9 Å². The zero-order chi connectivity index (χ0) is 17.9. The molecule has 1 amide bonds. The average molecular weight is 348 g/mol. The summed E-state index contributed by atoms with van der Waals surface area (Å²) in [5, 5.41) is 8.67. The van der Waals surface area contributed by atoms with Crippen molar-refractivity contribution in [3.05, 3.63) is 41.2 Å². The fourth-order valence-electron chi connectivity index (χ4n) is 2.72. The van der Waals surface area contributed by atoms with Gasteiger partial charge in [0.2, 0.25) is 5.78 Å². The lowest BCUT2D eigenvalue weighted by Gasteiger charge is -2.26. The van der Waals surface area contributed by atoms with Crippen molar-refractivity contribution >= 4 is 29.4 Å². The molecule has 6 nitrogen and oxygen atoms in total. The van der Waals surface area contributed by atoms with Crippen LogP contribution >= 0.6 is 11.8 Å². The molecule has 0 saturated heterocycles. The summed E-state index contributed by atoms with van der Waals surface area (Å²) in [5.74, 6) is -1.68. The van der Waals surface area contributed by atoms with Crippen molar-refractivity contribution in [2.45, 2.75) is 25.6 Å². The lowest BCUT2D eigenvalue weighted by molar-refractivity contribution is -0.137. The highest BCUT2D eigenvalue weighted by atomic mass is 32.2. The number of Topliss-reactive ketones (excluding diaryl/α,β-unsaturated/α-hetero) is 1. The SMILES string of the molecule is CSC1C(C(=O)c2ccccn2)=C(CC(=O)O)C(=O)N1CC(C)C. The molecule has 1 aliphatic heterocycles. The maximum absolute atomic E-state index is 12.9. The van der Waals surface area contributed by atoms with Crippen molar-refractivity contribution in [1.29, 1.82) is 0 Å². The number of carbonyl (C=O) groups excluding carboxylic acids is 2. The highest BCUT2D eigenvalue weighted by Gasteiger charge is 2.42. The topological polar surface area (TPSA) is 87.6 Å². The first kappa shape index (κ1) is 18.2. The molecule has 0 fully saturated rings. The number of carbonyl (C=O) groups is 3.